The Morgan fingerprint density at radius 2 is 2.18 bits per heavy atom. The monoisotopic (exact) mass is 382 g/mol. The third-order valence-corrected chi connectivity index (χ3v) is 4.84. The van der Waals surface area contributed by atoms with Gasteiger partial charge in [-0.15, -0.1) is 0 Å². The van der Waals surface area contributed by atoms with E-state index in [0.717, 1.165) is 35.6 Å². The molecule has 8 heteroatoms. The average Bonchev–Trinajstić information content (AvgIpc) is 3.46. The number of methoxy groups -OCH3 is 1. The molecule has 28 heavy (non-hydrogen) atoms. The van der Waals surface area contributed by atoms with Gasteiger partial charge >= 0.3 is 6.03 Å². The molecule has 146 valence electrons. The first kappa shape index (κ1) is 18.1. The summed E-state index contributed by atoms with van der Waals surface area (Å²) in [6, 6.07) is 11.0. The van der Waals surface area contributed by atoms with Gasteiger partial charge < -0.3 is 24.0 Å². The van der Waals surface area contributed by atoms with E-state index in [1.807, 2.05) is 43.3 Å². The van der Waals surface area contributed by atoms with E-state index < -0.39 is 0 Å². The molecule has 1 N–H and O–H groups in total. The van der Waals surface area contributed by atoms with Crippen molar-refractivity contribution in [3.05, 3.63) is 53.5 Å². The van der Waals surface area contributed by atoms with Crippen LogP contribution in [0.5, 0.6) is 5.75 Å². The molecule has 1 aromatic carbocycles. The molecule has 1 atom stereocenters. The molecule has 0 bridgehead atoms. The molecule has 3 aromatic rings. The molecule has 0 radical (unpaired) electrons. The number of benzene rings is 1. The van der Waals surface area contributed by atoms with Crippen molar-refractivity contribution in [3.63, 3.8) is 0 Å². The molecule has 0 aliphatic carbocycles. The number of carbonyl (C=O) groups is 1. The molecule has 3 heterocycles. The number of ether oxygens (including phenoxy) is 1. The Bertz CT molecular complexity index is 965. The minimum absolute atomic E-state index is 0.0536. The number of hydrogen-bond acceptors (Lipinski definition) is 6. The highest BCUT2D eigenvalue weighted by Gasteiger charge is 2.32. The topological polar surface area (TPSA) is 93.6 Å². The number of nitrogens with zero attached hydrogens (tertiary/aromatic N) is 3. The molecule has 1 fully saturated rings. The van der Waals surface area contributed by atoms with Gasteiger partial charge in [0.25, 0.3) is 0 Å². The molecule has 4 rings (SSSR count). The van der Waals surface area contributed by atoms with Crippen LogP contribution in [0, 0.1) is 6.92 Å². The van der Waals surface area contributed by atoms with Crippen molar-refractivity contribution >= 4 is 6.03 Å². The maximum Gasteiger partial charge on any atom is 0.318 e. The highest BCUT2D eigenvalue weighted by Crippen LogP contribution is 2.31. The van der Waals surface area contributed by atoms with Crippen LogP contribution in [0.4, 0.5) is 4.79 Å². The van der Waals surface area contributed by atoms with Gasteiger partial charge in [0.1, 0.15) is 22.9 Å². The van der Waals surface area contributed by atoms with Crippen molar-refractivity contribution in [1.29, 1.82) is 0 Å². The number of carbonyl (C=O) groups excluding carboxylic acids is 1. The van der Waals surface area contributed by atoms with Gasteiger partial charge in [0.2, 0.25) is 0 Å². The number of rotatable bonds is 5. The fourth-order valence-corrected chi connectivity index (χ4v) is 3.44. The quantitative estimate of drug-likeness (QED) is 0.723. The molecular formula is C20H22N4O4. The maximum absolute atomic E-state index is 12.7. The van der Waals surface area contributed by atoms with E-state index >= 15 is 0 Å². The van der Waals surface area contributed by atoms with Crippen LogP contribution in [0.25, 0.3) is 11.3 Å². The number of amides is 2. The van der Waals surface area contributed by atoms with Crippen LogP contribution < -0.4 is 10.1 Å². The standard InChI is InChI=1S/C20H22N4O4/c1-13-9-17(23-27-13)18-7-4-8-24(18)20(25)21-12-15-11-19(28-22-15)14-5-3-6-16(10-14)26-2/h3,5-6,9-11,18H,4,7-8,12H2,1-2H3,(H,21,25). The highest BCUT2D eigenvalue weighted by atomic mass is 16.5. The van der Waals surface area contributed by atoms with E-state index in [0.29, 0.717) is 18.0 Å². The van der Waals surface area contributed by atoms with Crippen molar-refractivity contribution in [2.24, 2.45) is 0 Å². The zero-order chi connectivity index (χ0) is 19.5. The van der Waals surface area contributed by atoms with E-state index in [1.54, 1.807) is 12.0 Å². The first-order chi connectivity index (χ1) is 13.6. The third-order valence-electron chi connectivity index (χ3n) is 4.84. The van der Waals surface area contributed by atoms with E-state index in [2.05, 4.69) is 15.6 Å². The van der Waals surface area contributed by atoms with Crippen molar-refractivity contribution in [2.75, 3.05) is 13.7 Å². The van der Waals surface area contributed by atoms with E-state index in [-0.39, 0.29) is 18.6 Å². The molecular weight excluding hydrogens is 360 g/mol. The summed E-state index contributed by atoms with van der Waals surface area (Å²) in [6.07, 6.45) is 1.82. The van der Waals surface area contributed by atoms with Crippen LogP contribution in [0.2, 0.25) is 0 Å². The summed E-state index contributed by atoms with van der Waals surface area (Å²) in [5, 5.41) is 11.0. The number of nitrogens with one attached hydrogen (secondary N) is 1. The SMILES string of the molecule is COc1cccc(-c2cc(CNC(=O)N3CCCC3c3cc(C)on3)no2)c1. The second kappa shape index (κ2) is 7.75. The third kappa shape index (κ3) is 3.71. The molecule has 8 nitrogen and oxygen atoms in total. The lowest BCUT2D eigenvalue weighted by molar-refractivity contribution is 0.190. The van der Waals surface area contributed by atoms with Gasteiger partial charge in [0.15, 0.2) is 5.76 Å². The summed E-state index contributed by atoms with van der Waals surface area (Å²) < 4.78 is 15.8. The summed E-state index contributed by atoms with van der Waals surface area (Å²) >= 11 is 0. The average molecular weight is 382 g/mol. The lowest BCUT2D eigenvalue weighted by Crippen LogP contribution is -2.39. The van der Waals surface area contributed by atoms with Crippen LogP contribution in [-0.4, -0.2) is 34.9 Å². The Kier molecular flexibility index (Phi) is 5.01. The van der Waals surface area contributed by atoms with Crippen LogP contribution in [-0.2, 0) is 6.54 Å². The van der Waals surface area contributed by atoms with Gasteiger partial charge in [-0.3, -0.25) is 0 Å². The van der Waals surface area contributed by atoms with Crippen molar-refractivity contribution < 1.29 is 18.6 Å². The lowest BCUT2D eigenvalue weighted by atomic mass is 10.1. The number of hydrogen-bond donors (Lipinski definition) is 1. The first-order valence-corrected chi connectivity index (χ1v) is 9.22. The summed E-state index contributed by atoms with van der Waals surface area (Å²) in [5.41, 5.74) is 2.32. The molecule has 2 aromatic heterocycles. The molecule has 0 saturated carbocycles. The van der Waals surface area contributed by atoms with Gasteiger partial charge in [0.05, 0.1) is 19.7 Å². The Hall–Kier alpha value is -3.29. The Labute approximate surface area is 162 Å². The lowest BCUT2D eigenvalue weighted by Gasteiger charge is -2.23. The molecule has 1 aliphatic heterocycles. The summed E-state index contributed by atoms with van der Waals surface area (Å²) in [7, 11) is 1.62. The van der Waals surface area contributed by atoms with Crippen LogP contribution >= 0.6 is 0 Å². The van der Waals surface area contributed by atoms with E-state index in [1.165, 1.54) is 0 Å². The highest BCUT2D eigenvalue weighted by molar-refractivity contribution is 5.75. The second-order valence-corrected chi connectivity index (χ2v) is 6.79. The van der Waals surface area contributed by atoms with Gasteiger partial charge in [-0.2, -0.15) is 0 Å². The predicted octanol–water partition coefficient (Wildman–Crippen LogP) is 3.69. The Morgan fingerprint density at radius 3 is 2.96 bits per heavy atom. The summed E-state index contributed by atoms with van der Waals surface area (Å²) in [6.45, 7) is 2.82. The van der Waals surface area contributed by atoms with Gasteiger partial charge in [-0.25, -0.2) is 4.79 Å². The number of urea groups is 1. The van der Waals surface area contributed by atoms with E-state index in [9.17, 15) is 4.79 Å². The van der Waals surface area contributed by atoms with Gasteiger partial charge in [0, 0.05) is 24.2 Å². The smallest absolute Gasteiger partial charge is 0.318 e. The molecule has 1 saturated heterocycles. The minimum Gasteiger partial charge on any atom is -0.497 e. The molecule has 2 amide bonds. The van der Waals surface area contributed by atoms with Crippen LogP contribution in [0.1, 0.15) is 36.0 Å². The van der Waals surface area contributed by atoms with Crippen molar-refractivity contribution in [1.82, 2.24) is 20.5 Å². The molecule has 1 aliphatic rings. The first-order valence-electron chi connectivity index (χ1n) is 9.22. The molecule has 0 spiro atoms. The molecule has 1 unspecified atom stereocenters. The largest absolute Gasteiger partial charge is 0.497 e. The van der Waals surface area contributed by atoms with Crippen LogP contribution in [0.3, 0.4) is 0 Å². The van der Waals surface area contributed by atoms with Gasteiger partial charge in [-0.05, 0) is 31.9 Å². The minimum atomic E-state index is -0.144. The van der Waals surface area contributed by atoms with Crippen molar-refractivity contribution in [2.45, 2.75) is 32.4 Å². The fourth-order valence-electron chi connectivity index (χ4n) is 3.44. The summed E-state index contributed by atoms with van der Waals surface area (Å²) in [4.78, 5) is 14.4. The number of likely N-dealkylation sites (tertiary alicyclic amines) is 1. The predicted molar refractivity (Wildman–Crippen MR) is 101 cm³/mol. The fraction of sp³-hybridized carbons (Fsp3) is 0.350. The Morgan fingerprint density at radius 1 is 1.29 bits per heavy atom. The zero-order valence-corrected chi connectivity index (χ0v) is 15.8. The number of aromatic nitrogens is 2. The Balaban J connectivity index is 1.39. The van der Waals surface area contributed by atoms with Crippen molar-refractivity contribution in [3.8, 4) is 17.1 Å². The van der Waals surface area contributed by atoms with Gasteiger partial charge in [-0.1, -0.05) is 22.4 Å². The van der Waals surface area contributed by atoms with Crippen LogP contribution in [0.15, 0.2) is 45.4 Å². The maximum atomic E-state index is 12.7. The zero-order valence-electron chi connectivity index (χ0n) is 15.8. The van der Waals surface area contributed by atoms with E-state index in [4.69, 9.17) is 13.8 Å². The summed E-state index contributed by atoms with van der Waals surface area (Å²) in [5.74, 6) is 2.11. The second-order valence-electron chi connectivity index (χ2n) is 6.79. The number of aryl methyl sites for hydroxylation is 1. The normalized spacial score (nSPS) is 16.4.